The summed E-state index contributed by atoms with van der Waals surface area (Å²) in [6, 6.07) is 13.6. The monoisotopic (exact) mass is 383 g/mol. The summed E-state index contributed by atoms with van der Waals surface area (Å²) in [6.07, 6.45) is 3.48. The molecule has 0 radical (unpaired) electrons. The second-order valence-electron chi connectivity index (χ2n) is 7.91. The summed E-state index contributed by atoms with van der Waals surface area (Å²) in [4.78, 5) is 2.52. The second-order valence-corrected chi connectivity index (χ2v) is 8.34. The van der Waals surface area contributed by atoms with Crippen LogP contribution in [0.5, 0.6) is 0 Å². The van der Waals surface area contributed by atoms with E-state index in [-0.39, 0.29) is 11.9 Å². The molecule has 140 valence electrons. The highest BCUT2D eigenvalue weighted by molar-refractivity contribution is 6.31. The molecular weight excluding hydrogens is 361 g/mol. The van der Waals surface area contributed by atoms with E-state index in [9.17, 15) is 4.39 Å². The Labute approximate surface area is 163 Å². The molecule has 5 heteroatoms. The molecule has 2 N–H and O–H groups in total. The van der Waals surface area contributed by atoms with Gasteiger partial charge >= 0.3 is 0 Å². The van der Waals surface area contributed by atoms with Gasteiger partial charge in [-0.05, 0) is 61.3 Å². The maximum Gasteiger partial charge on any atom is 0.123 e. The fraction of sp³-hybridized carbons (Fsp3) is 0.364. The van der Waals surface area contributed by atoms with Crippen LogP contribution in [-0.4, -0.2) is 22.6 Å². The van der Waals surface area contributed by atoms with Crippen LogP contribution in [-0.2, 0) is 13.0 Å². The van der Waals surface area contributed by atoms with Crippen molar-refractivity contribution in [1.82, 2.24) is 9.47 Å². The number of hydrogen-bond donors (Lipinski definition) is 1. The minimum Gasteiger partial charge on any atom is -0.342 e. The molecule has 3 aromatic rings. The molecule has 2 aromatic carbocycles. The van der Waals surface area contributed by atoms with Crippen LogP contribution in [0.15, 0.2) is 42.5 Å². The predicted octanol–water partition coefficient (Wildman–Crippen LogP) is 4.83. The summed E-state index contributed by atoms with van der Waals surface area (Å²) >= 11 is 6.34. The van der Waals surface area contributed by atoms with E-state index in [1.54, 1.807) is 12.1 Å². The first kappa shape index (κ1) is 17.2. The first-order chi connectivity index (χ1) is 13.0. The molecule has 1 fully saturated rings. The third kappa shape index (κ3) is 2.70. The molecule has 3 heterocycles. The summed E-state index contributed by atoms with van der Waals surface area (Å²) < 4.78 is 15.6. The van der Waals surface area contributed by atoms with Gasteiger partial charge in [0.05, 0.1) is 0 Å². The van der Waals surface area contributed by atoms with E-state index in [1.807, 2.05) is 6.07 Å². The molecule has 1 saturated heterocycles. The molecule has 0 saturated carbocycles. The Kier molecular flexibility index (Phi) is 4.04. The van der Waals surface area contributed by atoms with Crippen molar-refractivity contribution in [2.75, 3.05) is 7.05 Å². The van der Waals surface area contributed by atoms with Crippen LogP contribution >= 0.6 is 11.6 Å². The Bertz CT molecular complexity index is 1010. The van der Waals surface area contributed by atoms with Crippen LogP contribution in [0.25, 0.3) is 10.9 Å². The number of hydrogen-bond acceptors (Lipinski definition) is 2. The molecule has 3 nitrogen and oxygen atoms in total. The number of nitrogens with two attached hydrogens (primary N) is 1. The summed E-state index contributed by atoms with van der Waals surface area (Å²) in [5.41, 5.74) is 11.5. The molecule has 2 aliphatic heterocycles. The SMILES string of the molecule is CN1C2CCC1c1c(n(CC(N)c3ccc(F)cc3)c3ccc(Cl)cc13)C2. The molecule has 3 unspecified atom stereocenters. The average molecular weight is 384 g/mol. The van der Waals surface area contributed by atoms with Crippen LogP contribution < -0.4 is 5.73 Å². The number of nitrogens with zero attached hydrogens (tertiary/aromatic N) is 2. The van der Waals surface area contributed by atoms with E-state index in [4.69, 9.17) is 17.3 Å². The highest BCUT2D eigenvalue weighted by Gasteiger charge is 2.40. The van der Waals surface area contributed by atoms with E-state index in [0.717, 1.165) is 17.0 Å². The molecule has 3 atom stereocenters. The number of rotatable bonds is 3. The van der Waals surface area contributed by atoms with E-state index in [0.29, 0.717) is 18.6 Å². The third-order valence-corrected chi connectivity index (χ3v) is 6.69. The summed E-state index contributed by atoms with van der Waals surface area (Å²) in [5, 5.41) is 2.02. The maximum absolute atomic E-state index is 13.3. The lowest BCUT2D eigenvalue weighted by Crippen LogP contribution is -2.35. The van der Waals surface area contributed by atoms with E-state index in [1.165, 1.54) is 47.1 Å². The number of benzene rings is 2. The minimum atomic E-state index is -0.232. The molecule has 1 aromatic heterocycles. The van der Waals surface area contributed by atoms with E-state index in [2.05, 4.69) is 28.6 Å². The van der Waals surface area contributed by atoms with E-state index >= 15 is 0 Å². The number of likely N-dealkylation sites (N-methyl/N-ethyl adjacent to an activating group) is 1. The van der Waals surface area contributed by atoms with Gasteiger partial charge in [0.15, 0.2) is 0 Å². The molecule has 0 spiro atoms. The first-order valence-corrected chi connectivity index (χ1v) is 9.94. The van der Waals surface area contributed by atoms with Gasteiger partial charge in [-0.1, -0.05) is 23.7 Å². The second kappa shape index (κ2) is 6.33. The van der Waals surface area contributed by atoms with Gasteiger partial charge in [-0.15, -0.1) is 0 Å². The highest BCUT2D eigenvalue weighted by atomic mass is 35.5. The van der Waals surface area contributed by atoms with Gasteiger partial charge in [0, 0.05) is 52.7 Å². The van der Waals surface area contributed by atoms with Gasteiger partial charge in [0.1, 0.15) is 5.82 Å². The molecule has 0 aliphatic carbocycles. The lowest BCUT2D eigenvalue weighted by Gasteiger charge is -2.32. The highest BCUT2D eigenvalue weighted by Crippen LogP contribution is 2.47. The number of aromatic nitrogens is 1. The Morgan fingerprint density at radius 3 is 2.74 bits per heavy atom. The van der Waals surface area contributed by atoms with Crippen LogP contribution in [0.4, 0.5) is 4.39 Å². The molecule has 2 bridgehead atoms. The molecule has 27 heavy (non-hydrogen) atoms. The zero-order valence-corrected chi connectivity index (χ0v) is 16.1. The minimum absolute atomic E-state index is 0.182. The predicted molar refractivity (Wildman–Crippen MR) is 108 cm³/mol. The van der Waals surface area contributed by atoms with Crippen molar-refractivity contribution in [3.63, 3.8) is 0 Å². The first-order valence-electron chi connectivity index (χ1n) is 9.56. The fourth-order valence-corrected chi connectivity index (χ4v) is 5.22. The van der Waals surface area contributed by atoms with Crippen LogP contribution in [0.2, 0.25) is 5.02 Å². The summed E-state index contributed by atoms with van der Waals surface area (Å²) in [7, 11) is 2.24. The third-order valence-electron chi connectivity index (χ3n) is 6.46. The smallest absolute Gasteiger partial charge is 0.123 e. The van der Waals surface area contributed by atoms with Crippen molar-refractivity contribution in [2.45, 2.75) is 43.9 Å². The Morgan fingerprint density at radius 2 is 1.96 bits per heavy atom. The van der Waals surface area contributed by atoms with Crippen molar-refractivity contribution in [3.8, 4) is 0 Å². The van der Waals surface area contributed by atoms with Gasteiger partial charge in [0.2, 0.25) is 0 Å². The average Bonchev–Trinajstić information content (AvgIpc) is 3.06. The number of halogens is 2. The lowest BCUT2D eigenvalue weighted by atomic mass is 9.97. The summed E-state index contributed by atoms with van der Waals surface area (Å²) in [6.45, 7) is 0.683. The van der Waals surface area contributed by atoms with Crippen LogP contribution in [0.1, 0.15) is 41.7 Å². The van der Waals surface area contributed by atoms with E-state index < -0.39 is 0 Å². The maximum atomic E-state index is 13.3. The van der Waals surface area contributed by atoms with Crippen molar-refractivity contribution in [3.05, 3.63) is 70.1 Å². The molecule has 5 rings (SSSR count). The fourth-order valence-electron chi connectivity index (χ4n) is 5.05. The topological polar surface area (TPSA) is 34.2 Å². The van der Waals surface area contributed by atoms with Crippen molar-refractivity contribution >= 4 is 22.5 Å². The zero-order valence-electron chi connectivity index (χ0n) is 15.3. The zero-order chi connectivity index (χ0) is 18.7. The van der Waals surface area contributed by atoms with Gasteiger partial charge in [0.25, 0.3) is 0 Å². The van der Waals surface area contributed by atoms with Crippen molar-refractivity contribution in [1.29, 1.82) is 0 Å². The summed E-state index contributed by atoms with van der Waals surface area (Å²) in [5.74, 6) is -0.232. The van der Waals surface area contributed by atoms with Gasteiger partial charge in [-0.2, -0.15) is 0 Å². The molecular formula is C22H23ClFN3. The van der Waals surface area contributed by atoms with Gasteiger partial charge < -0.3 is 10.3 Å². The van der Waals surface area contributed by atoms with Crippen molar-refractivity contribution in [2.24, 2.45) is 5.73 Å². The lowest BCUT2D eigenvalue weighted by molar-refractivity contribution is 0.221. The van der Waals surface area contributed by atoms with Crippen molar-refractivity contribution < 1.29 is 4.39 Å². The molecule has 0 amide bonds. The normalized spacial score (nSPS) is 23.0. The van der Waals surface area contributed by atoms with Crippen LogP contribution in [0, 0.1) is 5.82 Å². The standard InChI is InChI=1S/C22H23ClFN3/c1-26-16-7-9-20(26)22-17-10-14(23)4-8-19(17)27(21(22)11-16)12-18(25)13-2-5-15(24)6-3-13/h2-6,8,10,16,18,20H,7,9,11-12,25H2,1H3. The molecule has 2 aliphatic rings. The van der Waals surface area contributed by atoms with Gasteiger partial charge in [-0.3, -0.25) is 4.90 Å². The Balaban J connectivity index is 1.62. The largest absolute Gasteiger partial charge is 0.342 e. The Hall–Kier alpha value is -1.88. The number of fused-ring (bicyclic) bond motifs is 6. The quantitative estimate of drug-likeness (QED) is 0.703. The van der Waals surface area contributed by atoms with Gasteiger partial charge in [-0.25, -0.2) is 4.39 Å². The Morgan fingerprint density at radius 1 is 1.19 bits per heavy atom. The van der Waals surface area contributed by atoms with Crippen LogP contribution in [0.3, 0.4) is 0 Å².